The molecule has 0 bridgehead atoms. The maximum atomic E-state index is 13.6. The van der Waals surface area contributed by atoms with Crippen molar-refractivity contribution in [2.75, 3.05) is 28.4 Å². The minimum atomic E-state index is -4.03. The van der Waals surface area contributed by atoms with Gasteiger partial charge in [0.05, 0.1) is 38.9 Å². The number of methoxy groups -OCH3 is 4. The summed E-state index contributed by atoms with van der Waals surface area (Å²) in [6.07, 6.45) is 6.10. The molecule has 22 nitrogen and oxygen atoms in total. The summed E-state index contributed by atoms with van der Waals surface area (Å²) in [4.78, 5) is 16.6. The second kappa shape index (κ2) is 21.5. The molecular weight excluding hydrogens is 997 g/mol. The molecule has 8 aromatic rings. The van der Waals surface area contributed by atoms with Crippen LogP contribution in [0.2, 0.25) is 0 Å². The number of hydrogen-bond donors (Lipinski definition) is 2. The fourth-order valence-corrected chi connectivity index (χ4v) is 11.0. The van der Waals surface area contributed by atoms with E-state index in [1.165, 1.54) is 90.1 Å². The molecule has 0 radical (unpaired) electrons. The van der Waals surface area contributed by atoms with Crippen molar-refractivity contribution < 1.29 is 54.8 Å². The molecule has 0 saturated carbocycles. The molecule has 4 atom stereocenters. The Hall–Kier alpha value is -7.54. The van der Waals surface area contributed by atoms with Crippen molar-refractivity contribution in [1.29, 1.82) is 0 Å². The lowest BCUT2D eigenvalue weighted by atomic mass is 10.0. The summed E-state index contributed by atoms with van der Waals surface area (Å²) in [6.45, 7) is 12.8. The molecule has 2 N–H and O–H groups in total. The highest BCUT2D eigenvalue weighted by Crippen LogP contribution is 2.40. The topological polar surface area (TPSA) is 285 Å². The number of furan rings is 2. The molecule has 6 heterocycles. The average Bonchev–Trinajstić information content (AvgIpc) is 4.20. The van der Waals surface area contributed by atoms with Crippen LogP contribution in [0.3, 0.4) is 0 Å². The van der Waals surface area contributed by atoms with Crippen LogP contribution in [0.5, 0.6) is 23.0 Å². The van der Waals surface area contributed by atoms with Crippen LogP contribution >= 0.6 is 0 Å². The van der Waals surface area contributed by atoms with E-state index >= 15 is 0 Å². The monoisotopic (exact) mass is 1050 g/mol. The quantitative estimate of drug-likeness (QED) is 0.0950. The molecule has 0 aliphatic heterocycles. The van der Waals surface area contributed by atoms with Crippen LogP contribution in [-0.4, -0.2) is 115 Å². The highest BCUT2D eigenvalue weighted by Gasteiger charge is 2.44. The Bertz CT molecular complexity index is 3200. The molecule has 8 rings (SSSR count). The predicted octanol–water partition coefficient (Wildman–Crippen LogP) is 6.32. The molecule has 74 heavy (non-hydrogen) atoms. The fraction of sp³-hybridized carbons (Fsp3) is 0.360. The number of nitrogens with zero attached hydrogens (tertiary/aromatic N) is 10. The Morgan fingerprint density at radius 3 is 1.11 bits per heavy atom. The zero-order valence-corrected chi connectivity index (χ0v) is 44.6. The normalized spacial score (nSPS) is 14.2. The number of sulfone groups is 2. The van der Waals surface area contributed by atoms with Gasteiger partial charge >= 0.3 is 0 Å². The molecule has 6 aromatic heterocycles. The summed E-state index contributed by atoms with van der Waals surface area (Å²) in [5.74, 6) is 3.32. The molecule has 0 aliphatic carbocycles. The minimum Gasteiger partial charge on any atom is -0.494 e. The molecular formula is C50H58N10O12S2. The lowest BCUT2D eigenvalue weighted by molar-refractivity contribution is 0.0464. The minimum absolute atomic E-state index is 0.00814. The number of aromatic nitrogens is 10. The van der Waals surface area contributed by atoms with Gasteiger partial charge in [-0.3, -0.25) is 9.13 Å². The number of benzene rings is 2. The van der Waals surface area contributed by atoms with Gasteiger partial charge in [-0.2, -0.15) is 0 Å². The van der Waals surface area contributed by atoms with E-state index in [4.69, 9.17) is 27.8 Å². The van der Waals surface area contributed by atoms with Gasteiger partial charge in [-0.05, 0) is 115 Å². The molecule has 392 valence electrons. The highest BCUT2D eigenvalue weighted by atomic mass is 32.2. The van der Waals surface area contributed by atoms with E-state index in [2.05, 4.69) is 40.3 Å². The third kappa shape index (κ3) is 10.9. The highest BCUT2D eigenvalue weighted by molar-refractivity contribution is 7.91. The number of aliphatic hydroxyl groups is 2. The first kappa shape index (κ1) is 54.2. The Morgan fingerprint density at radius 1 is 0.527 bits per heavy atom. The average molecular weight is 1060 g/mol. The summed E-state index contributed by atoms with van der Waals surface area (Å²) in [5.41, 5.74) is -1.33. The Kier molecular flexibility index (Phi) is 15.8. The van der Waals surface area contributed by atoms with E-state index < -0.39 is 52.9 Å². The largest absolute Gasteiger partial charge is 0.494 e. The van der Waals surface area contributed by atoms with Crippen LogP contribution in [0.1, 0.15) is 73.6 Å². The van der Waals surface area contributed by atoms with Crippen LogP contribution in [0.15, 0.2) is 94.3 Å². The van der Waals surface area contributed by atoms with E-state index in [1.54, 1.807) is 88.4 Å². The van der Waals surface area contributed by atoms with Crippen LogP contribution < -0.4 is 18.9 Å². The van der Waals surface area contributed by atoms with Crippen LogP contribution in [0, 0.1) is 27.7 Å². The van der Waals surface area contributed by atoms with E-state index in [0.717, 1.165) is 11.1 Å². The van der Waals surface area contributed by atoms with E-state index in [-0.39, 0.29) is 34.9 Å². The SMILES string of the molecule is COc1cccc(OC)c1-n1c(CS(=O)(=O)[C@@H](C)[C@](C)(O)c2ncc(C)cn2)nnc1-c1ccc(C)o1.COc1cccc(OC)c1-n1c(CS(=O)(=O)[C@@H](C)[C@](C)(O)c2ncc(C)cn2)nnc1-c1ccc(C)o1. The van der Waals surface area contributed by atoms with Gasteiger partial charge in [0.15, 0.2) is 54.5 Å². The first-order chi connectivity index (χ1) is 35.0. The maximum Gasteiger partial charge on any atom is 0.204 e. The Labute approximate surface area is 428 Å². The summed E-state index contributed by atoms with van der Waals surface area (Å²) >= 11 is 0. The lowest BCUT2D eigenvalue weighted by Crippen LogP contribution is -2.42. The van der Waals surface area contributed by atoms with Gasteiger partial charge in [0.2, 0.25) is 11.6 Å². The predicted molar refractivity (Wildman–Crippen MR) is 271 cm³/mol. The van der Waals surface area contributed by atoms with Crippen LogP contribution in [-0.2, 0) is 42.4 Å². The number of ether oxygens (including phenoxy) is 4. The van der Waals surface area contributed by atoms with E-state index in [0.29, 0.717) is 57.4 Å². The van der Waals surface area contributed by atoms with Gasteiger partial charge in [0.1, 0.15) is 68.6 Å². The second-order valence-electron chi connectivity index (χ2n) is 17.8. The molecule has 24 heteroatoms. The van der Waals surface area contributed by atoms with E-state index in [9.17, 15) is 27.0 Å². The van der Waals surface area contributed by atoms with Crippen molar-refractivity contribution in [2.24, 2.45) is 0 Å². The van der Waals surface area contributed by atoms with Crippen molar-refractivity contribution in [3.05, 3.63) is 131 Å². The third-order valence-electron chi connectivity index (χ3n) is 12.4. The smallest absolute Gasteiger partial charge is 0.204 e. The summed E-state index contributed by atoms with van der Waals surface area (Å²) in [7, 11) is -2.07. The molecule has 0 saturated heterocycles. The number of hydrogen-bond acceptors (Lipinski definition) is 20. The zero-order chi connectivity index (χ0) is 53.9. The number of para-hydroxylation sites is 2. The molecule has 0 spiro atoms. The first-order valence-electron chi connectivity index (χ1n) is 22.9. The van der Waals surface area contributed by atoms with E-state index in [1.807, 2.05) is 0 Å². The van der Waals surface area contributed by atoms with Crippen molar-refractivity contribution >= 4 is 19.7 Å². The molecule has 0 unspecified atom stereocenters. The fourth-order valence-electron chi connectivity index (χ4n) is 7.80. The Balaban J connectivity index is 0.000000216. The lowest BCUT2D eigenvalue weighted by Gasteiger charge is -2.28. The van der Waals surface area contributed by atoms with Crippen LogP contribution in [0.25, 0.3) is 34.5 Å². The van der Waals surface area contributed by atoms with Gasteiger partial charge in [0.25, 0.3) is 0 Å². The molecule has 0 amide bonds. The Morgan fingerprint density at radius 2 is 0.838 bits per heavy atom. The van der Waals surface area contributed by atoms with Crippen molar-refractivity contribution in [2.45, 2.75) is 88.6 Å². The zero-order valence-electron chi connectivity index (χ0n) is 42.9. The van der Waals surface area contributed by atoms with Gasteiger partial charge in [-0.1, -0.05) is 12.1 Å². The molecule has 0 aliphatic rings. The standard InChI is InChI=1S/2C25H29N5O6S/c2*1-15-12-26-24(27-13-15)25(4,31)17(3)37(32,33)14-21-28-29-23(20-11-10-16(2)36-20)30(21)22-18(34-5)8-7-9-19(22)35-6/h2*7-13,17,31H,14H2,1-6H3/t2*17-,25-/m00/s1. The van der Waals surface area contributed by atoms with Gasteiger partial charge < -0.3 is 38.0 Å². The van der Waals surface area contributed by atoms with Crippen LogP contribution in [0.4, 0.5) is 0 Å². The summed E-state index contributed by atoms with van der Waals surface area (Å²) in [6, 6.07) is 17.3. The molecule has 2 aromatic carbocycles. The summed E-state index contributed by atoms with van der Waals surface area (Å²) < 4.78 is 91.5. The van der Waals surface area contributed by atoms with Gasteiger partial charge in [-0.25, -0.2) is 36.8 Å². The van der Waals surface area contributed by atoms with Crippen molar-refractivity contribution in [1.82, 2.24) is 49.5 Å². The summed E-state index contributed by atoms with van der Waals surface area (Å²) in [5, 5.41) is 36.8. The number of rotatable bonds is 18. The van der Waals surface area contributed by atoms with Crippen molar-refractivity contribution in [3.8, 4) is 57.5 Å². The van der Waals surface area contributed by atoms with Crippen molar-refractivity contribution in [3.63, 3.8) is 0 Å². The number of aryl methyl sites for hydroxylation is 4. The third-order valence-corrected chi connectivity index (χ3v) is 16.8. The molecule has 0 fully saturated rings. The first-order valence-corrected chi connectivity index (χ1v) is 26.3. The maximum absolute atomic E-state index is 13.6. The van der Waals surface area contributed by atoms with Gasteiger partial charge in [-0.15, -0.1) is 20.4 Å². The second-order valence-corrected chi connectivity index (χ2v) is 22.4. The van der Waals surface area contributed by atoms with Gasteiger partial charge in [0, 0.05) is 24.8 Å².